The van der Waals surface area contributed by atoms with E-state index in [9.17, 15) is 0 Å². The molecule has 0 saturated heterocycles. The number of hydrogen-bond donors (Lipinski definition) is 1. The van der Waals surface area contributed by atoms with Crippen molar-refractivity contribution in [1.29, 1.82) is 0 Å². The van der Waals surface area contributed by atoms with Gasteiger partial charge in [-0.3, -0.25) is 0 Å². The van der Waals surface area contributed by atoms with Crippen LogP contribution in [0.15, 0.2) is 28.7 Å². The monoisotopic (exact) mass is 189 g/mol. The van der Waals surface area contributed by atoms with Gasteiger partial charge in [0.1, 0.15) is 0 Å². The second-order valence-electron chi connectivity index (χ2n) is 1.55. The molecule has 0 amide bonds. The van der Waals surface area contributed by atoms with E-state index in [1.165, 1.54) is 0 Å². The molecule has 0 heterocycles. The van der Waals surface area contributed by atoms with E-state index < -0.39 is 0 Å². The molecule has 0 saturated carbocycles. The van der Waals surface area contributed by atoms with Crippen molar-refractivity contribution in [2.45, 2.75) is 0 Å². The molecule has 3 heteroatoms. The van der Waals surface area contributed by atoms with Gasteiger partial charge in [0.25, 0.3) is 0 Å². The van der Waals surface area contributed by atoms with Crippen molar-refractivity contribution in [3.05, 3.63) is 28.7 Å². The molecule has 0 aliphatic carbocycles. The summed E-state index contributed by atoms with van der Waals surface area (Å²) in [5.41, 5.74) is 6.21. The number of hydrogen-bond acceptors (Lipinski definition) is 1. The van der Waals surface area contributed by atoms with E-state index in [1.54, 1.807) is 0 Å². The SMILES string of the molecule is Nc1ccc(Br)cc1.O. The van der Waals surface area contributed by atoms with Gasteiger partial charge in [0, 0.05) is 10.2 Å². The minimum absolute atomic E-state index is 0. The van der Waals surface area contributed by atoms with E-state index in [0.29, 0.717) is 0 Å². The highest BCUT2D eigenvalue weighted by molar-refractivity contribution is 9.10. The van der Waals surface area contributed by atoms with Crippen molar-refractivity contribution < 1.29 is 5.48 Å². The van der Waals surface area contributed by atoms with E-state index in [4.69, 9.17) is 5.73 Å². The van der Waals surface area contributed by atoms with Crippen LogP contribution in [0.4, 0.5) is 5.69 Å². The Morgan fingerprint density at radius 3 is 1.89 bits per heavy atom. The zero-order valence-electron chi connectivity index (χ0n) is 4.76. The van der Waals surface area contributed by atoms with Gasteiger partial charge in [0.05, 0.1) is 0 Å². The first-order valence-electron chi connectivity index (χ1n) is 2.30. The molecule has 0 unspecified atom stereocenters. The van der Waals surface area contributed by atoms with Crippen molar-refractivity contribution in [1.82, 2.24) is 0 Å². The van der Waals surface area contributed by atoms with Crippen LogP contribution in [0.1, 0.15) is 0 Å². The van der Waals surface area contributed by atoms with E-state index >= 15 is 0 Å². The maximum atomic E-state index is 5.41. The zero-order chi connectivity index (χ0) is 5.98. The van der Waals surface area contributed by atoms with Crippen LogP contribution in [0.2, 0.25) is 0 Å². The Morgan fingerprint density at radius 2 is 1.56 bits per heavy atom. The highest BCUT2D eigenvalue weighted by atomic mass is 79.9. The summed E-state index contributed by atoms with van der Waals surface area (Å²) in [5.74, 6) is 0. The first-order chi connectivity index (χ1) is 3.79. The van der Waals surface area contributed by atoms with Gasteiger partial charge in [-0.2, -0.15) is 0 Å². The number of rotatable bonds is 0. The highest BCUT2D eigenvalue weighted by Crippen LogP contribution is 2.10. The van der Waals surface area contributed by atoms with Crippen LogP contribution in [0.25, 0.3) is 0 Å². The van der Waals surface area contributed by atoms with Crippen LogP contribution >= 0.6 is 15.9 Å². The maximum absolute atomic E-state index is 5.41. The smallest absolute Gasteiger partial charge is 0.0314 e. The zero-order valence-corrected chi connectivity index (χ0v) is 6.35. The van der Waals surface area contributed by atoms with Crippen LogP contribution < -0.4 is 5.73 Å². The molecule has 0 aromatic heterocycles. The van der Waals surface area contributed by atoms with Crippen LogP contribution in [0.3, 0.4) is 0 Å². The minimum atomic E-state index is 0. The van der Waals surface area contributed by atoms with Crippen molar-refractivity contribution in [3.8, 4) is 0 Å². The van der Waals surface area contributed by atoms with Crippen LogP contribution in [0, 0.1) is 0 Å². The third-order valence-electron chi connectivity index (χ3n) is 0.870. The third kappa shape index (κ3) is 2.49. The summed E-state index contributed by atoms with van der Waals surface area (Å²) < 4.78 is 1.06. The normalized spacial score (nSPS) is 8.11. The van der Waals surface area contributed by atoms with Crippen LogP contribution in [-0.2, 0) is 0 Å². The number of nitrogens with two attached hydrogens (primary N) is 1. The van der Waals surface area contributed by atoms with Gasteiger partial charge in [-0.05, 0) is 24.3 Å². The first-order valence-corrected chi connectivity index (χ1v) is 3.09. The molecule has 0 fully saturated rings. The molecule has 4 N–H and O–H groups in total. The van der Waals surface area contributed by atoms with Gasteiger partial charge in [-0.25, -0.2) is 0 Å². The maximum Gasteiger partial charge on any atom is 0.0314 e. The van der Waals surface area contributed by atoms with Crippen molar-refractivity contribution in [2.75, 3.05) is 5.73 Å². The number of benzene rings is 1. The second-order valence-corrected chi connectivity index (χ2v) is 2.47. The third-order valence-corrected chi connectivity index (χ3v) is 1.40. The average Bonchev–Trinajstić information content (AvgIpc) is 1.77. The van der Waals surface area contributed by atoms with Gasteiger partial charge >= 0.3 is 0 Å². The lowest BCUT2D eigenvalue weighted by molar-refractivity contribution is 0.824. The lowest BCUT2D eigenvalue weighted by atomic mass is 10.3. The lowest BCUT2D eigenvalue weighted by Crippen LogP contribution is -1.80. The molecule has 2 nitrogen and oxygen atoms in total. The molecule has 9 heavy (non-hydrogen) atoms. The number of nitrogen functional groups attached to an aromatic ring is 1. The fourth-order valence-corrected chi connectivity index (χ4v) is 0.727. The number of anilines is 1. The standard InChI is InChI=1S/C6H6BrN.H2O/c7-5-1-3-6(8)4-2-5;/h1-4H,8H2;1H2. The molecular formula is C6H8BrNO. The summed E-state index contributed by atoms with van der Waals surface area (Å²) >= 11 is 3.29. The number of halogens is 1. The van der Waals surface area contributed by atoms with Gasteiger partial charge < -0.3 is 11.2 Å². The Bertz CT molecular complexity index is 152. The van der Waals surface area contributed by atoms with Gasteiger partial charge in [-0.1, -0.05) is 15.9 Å². The topological polar surface area (TPSA) is 57.5 Å². The van der Waals surface area contributed by atoms with E-state index in [1.807, 2.05) is 24.3 Å². The fourth-order valence-electron chi connectivity index (χ4n) is 0.463. The summed E-state index contributed by atoms with van der Waals surface area (Å²) in [7, 11) is 0. The van der Waals surface area contributed by atoms with Gasteiger partial charge in [0.2, 0.25) is 0 Å². The molecule has 0 radical (unpaired) electrons. The van der Waals surface area contributed by atoms with Crippen LogP contribution in [-0.4, -0.2) is 5.48 Å². The molecule has 0 aliphatic heterocycles. The molecule has 0 aliphatic rings. The van der Waals surface area contributed by atoms with E-state index in [0.717, 1.165) is 10.2 Å². The minimum Gasteiger partial charge on any atom is -0.412 e. The largest absolute Gasteiger partial charge is 0.412 e. The lowest BCUT2D eigenvalue weighted by Gasteiger charge is -1.88. The van der Waals surface area contributed by atoms with Gasteiger partial charge in [-0.15, -0.1) is 0 Å². The summed E-state index contributed by atoms with van der Waals surface area (Å²) in [4.78, 5) is 0. The molecular weight excluding hydrogens is 182 g/mol. The van der Waals surface area contributed by atoms with E-state index in [2.05, 4.69) is 15.9 Å². The summed E-state index contributed by atoms with van der Waals surface area (Å²) in [5, 5.41) is 0. The Morgan fingerprint density at radius 1 is 1.11 bits per heavy atom. The predicted molar refractivity (Wildman–Crippen MR) is 42.2 cm³/mol. The molecule has 0 spiro atoms. The average molecular weight is 190 g/mol. The molecule has 0 bridgehead atoms. The summed E-state index contributed by atoms with van der Waals surface area (Å²) in [6, 6.07) is 7.53. The molecule has 1 aromatic rings. The van der Waals surface area contributed by atoms with Crippen molar-refractivity contribution >= 4 is 21.6 Å². The van der Waals surface area contributed by atoms with Gasteiger partial charge in [0.15, 0.2) is 0 Å². The first kappa shape index (κ1) is 8.46. The van der Waals surface area contributed by atoms with Crippen LogP contribution in [0.5, 0.6) is 0 Å². The Hall–Kier alpha value is -0.540. The summed E-state index contributed by atoms with van der Waals surface area (Å²) in [6.45, 7) is 0. The highest BCUT2D eigenvalue weighted by Gasteiger charge is 1.81. The molecule has 1 aromatic carbocycles. The quantitative estimate of drug-likeness (QED) is 0.614. The molecule has 1 rings (SSSR count). The summed E-state index contributed by atoms with van der Waals surface area (Å²) in [6.07, 6.45) is 0. The molecule has 50 valence electrons. The van der Waals surface area contributed by atoms with E-state index in [-0.39, 0.29) is 5.48 Å². The predicted octanol–water partition coefficient (Wildman–Crippen LogP) is 1.21. The molecule has 0 atom stereocenters. The second kappa shape index (κ2) is 3.48. The van der Waals surface area contributed by atoms with Crippen molar-refractivity contribution in [3.63, 3.8) is 0 Å². The van der Waals surface area contributed by atoms with Crippen molar-refractivity contribution in [2.24, 2.45) is 0 Å². The Balaban J connectivity index is 0.000000640. The Labute approximate surface area is 62.1 Å². The Kier molecular flexibility index (Phi) is 3.27. The fraction of sp³-hybridized carbons (Fsp3) is 0.